The van der Waals surface area contributed by atoms with E-state index in [1.807, 2.05) is 38.1 Å². The minimum Gasteiger partial charge on any atom is -0.494 e. The van der Waals surface area contributed by atoms with Crippen molar-refractivity contribution in [3.8, 4) is 5.75 Å². The van der Waals surface area contributed by atoms with E-state index in [1.54, 1.807) is 4.90 Å². The Morgan fingerprint density at radius 3 is 2.61 bits per heavy atom. The normalized spacial score (nSPS) is 18.4. The second kappa shape index (κ2) is 11.7. The number of hydrogen-bond acceptors (Lipinski definition) is 5. The van der Waals surface area contributed by atoms with Gasteiger partial charge in [-0.25, -0.2) is 0 Å². The van der Waals surface area contributed by atoms with Gasteiger partial charge in [0.1, 0.15) is 11.0 Å². The third-order valence-corrected chi connectivity index (χ3v) is 5.66. The molecule has 2 rings (SSSR count). The number of aliphatic imine (C=N–C) groups is 1. The van der Waals surface area contributed by atoms with Crippen LogP contribution in [0.25, 0.3) is 0 Å². The van der Waals surface area contributed by atoms with E-state index in [0.717, 1.165) is 12.2 Å². The van der Waals surface area contributed by atoms with Crippen molar-refractivity contribution in [2.45, 2.75) is 58.1 Å². The molecule has 0 aliphatic carbocycles. The SMILES string of the molecule is CCCCCCOc1ccc(NC(=O)C2CC(=O)N(CC)C(=NCC)S2)cc1. The van der Waals surface area contributed by atoms with Crippen molar-refractivity contribution < 1.29 is 14.3 Å². The molecule has 1 aromatic rings. The molecule has 1 heterocycles. The lowest BCUT2D eigenvalue weighted by atomic mass is 10.2. The lowest BCUT2D eigenvalue weighted by Crippen LogP contribution is -2.45. The van der Waals surface area contributed by atoms with Gasteiger partial charge in [-0.2, -0.15) is 0 Å². The molecule has 1 aliphatic rings. The van der Waals surface area contributed by atoms with Crippen molar-refractivity contribution in [2.75, 3.05) is 25.0 Å². The predicted molar refractivity (Wildman–Crippen MR) is 116 cm³/mol. The summed E-state index contributed by atoms with van der Waals surface area (Å²) in [5.74, 6) is 0.569. The van der Waals surface area contributed by atoms with Gasteiger partial charge >= 0.3 is 0 Å². The molecule has 1 aliphatic heterocycles. The lowest BCUT2D eigenvalue weighted by molar-refractivity contribution is -0.129. The van der Waals surface area contributed by atoms with Gasteiger partial charge in [0, 0.05) is 25.2 Å². The first-order valence-corrected chi connectivity index (χ1v) is 11.0. The van der Waals surface area contributed by atoms with Gasteiger partial charge in [0.2, 0.25) is 11.8 Å². The number of amidine groups is 1. The number of thioether (sulfide) groups is 1. The van der Waals surface area contributed by atoms with Crippen LogP contribution in [0.5, 0.6) is 5.75 Å². The molecular formula is C21H31N3O3S. The molecule has 28 heavy (non-hydrogen) atoms. The molecule has 1 N–H and O–H groups in total. The van der Waals surface area contributed by atoms with E-state index in [9.17, 15) is 9.59 Å². The summed E-state index contributed by atoms with van der Waals surface area (Å²) in [5.41, 5.74) is 0.697. The van der Waals surface area contributed by atoms with Crippen molar-refractivity contribution in [3.05, 3.63) is 24.3 Å². The van der Waals surface area contributed by atoms with Crippen LogP contribution in [0.1, 0.15) is 52.9 Å². The van der Waals surface area contributed by atoms with E-state index in [2.05, 4.69) is 17.2 Å². The Balaban J connectivity index is 1.88. The maximum Gasteiger partial charge on any atom is 0.238 e. The van der Waals surface area contributed by atoms with Crippen LogP contribution in [0.4, 0.5) is 5.69 Å². The second-order valence-corrected chi connectivity index (χ2v) is 7.80. The fraction of sp³-hybridized carbons (Fsp3) is 0.571. The van der Waals surface area contributed by atoms with E-state index < -0.39 is 5.25 Å². The van der Waals surface area contributed by atoms with E-state index in [0.29, 0.717) is 30.6 Å². The lowest BCUT2D eigenvalue weighted by Gasteiger charge is -2.30. The summed E-state index contributed by atoms with van der Waals surface area (Å²) in [6.07, 6.45) is 4.86. The van der Waals surface area contributed by atoms with Gasteiger partial charge in [0.15, 0.2) is 5.17 Å². The van der Waals surface area contributed by atoms with Gasteiger partial charge in [0.05, 0.1) is 6.61 Å². The Morgan fingerprint density at radius 1 is 1.21 bits per heavy atom. The zero-order valence-corrected chi connectivity index (χ0v) is 17.9. The fourth-order valence-electron chi connectivity index (χ4n) is 2.90. The van der Waals surface area contributed by atoms with Crippen LogP contribution in [0, 0.1) is 0 Å². The van der Waals surface area contributed by atoms with E-state index >= 15 is 0 Å². The highest BCUT2D eigenvalue weighted by molar-refractivity contribution is 8.15. The van der Waals surface area contributed by atoms with Crippen LogP contribution in [0.15, 0.2) is 29.3 Å². The molecule has 1 saturated heterocycles. The quantitative estimate of drug-likeness (QED) is 0.589. The zero-order chi connectivity index (χ0) is 20.4. The molecule has 1 fully saturated rings. The van der Waals surface area contributed by atoms with Gasteiger partial charge in [-0.15, -0.1) is 0 Å². The minimum atomic E-state index is -0.463. The largest absolute Gasteiger partial charge is 0.494 e. The van der Waals surface area contributed by atoms with Crippen LogP contribution >= 0.6 is 11.8 Å². The van der Waals surface area contributed by atoms with Crippen molar-refractivity contribution in [2.24, 2.45) is 4.99 Å². The maximum absolute atomic E-state index is 12.6. The molecule has 2 amide bonds. The summed E-state index contributed by atoms with van der Waals surface area (Å²) < 4.78 is 5.73. The summed E-state index contributed by atoms with van der Waals surface area (Å²) in [7, 11) is 0. The first kappa shape index (κ1) is 22.3. The molecule has 0 bridgehead atoms. The molecular weight excluding hydrogens is 374 g/mol. The van der Waals surface area contributed by atoms with Crippen molar-refractivity contribution >= 4 is 34.4 Å². The Morgan fingerprint density at radius 2 is 1.96 bits per heavy atom. The van der Waals surface area contributed by atoms with E-state index in [1.165, 1.54) is 31.0 Å². The van der Waals surface area contributed by atoms with E-state index in [4.69, 9.17) is 4.74 Å². The number of hydrogen-bond donors (Lipinski definition) is 1. The first-order chi connectivity index (χ1) is 13.6. The van der Waals surface area contributed by atoms with Crippen molar-refractivity contribution in [1.29, 1.82) is 0 Å². The standard InChI is InChI=1S/C21H31N3O3S/c1-4-7-8-9-14-27-17-12-10-16(11-13-17)23-20(26)18-15-19(25)24(6-3)21(28-18)22-5-2/h10-13,18H,4-9,14-15H2,1-3H3,(H,23,26). The topological polar surface area (TPSA) is 71.0 Å². The molecule has 1 unspecified atom stereocenters. The number of ether oxygens (including phenoxy) is 1. The number of anilines is 1. The summed E-state index contributed by atoms with van der Waals surface area (Å²) >= 11 is 1.36. The van der Waals surface area contributed by atoms with Gasteiger partial charge < -0.3 is 10.1 Å². The molecule has 0 spiro atoms. The zero-order valence-electron chi connectivity index (χ0n) is 17.1. The highest BCUT2D eigenvalue weighted by Crippen LogP contribution is 2.28. The number of carbonyl (C=O) groups excluding carboxylic acids is 2. The van der Waals surface area contributed by atoms with Gasteiger partial charge in [0.25, 0.3) is 0 Å². The van der Waals surface area contributed by atoms with Crippen LogP contribution in [-0.4, -0.2) is 46.8 Å². The molecule has 0 aromatic heterocycles. The average molecular weight is 406 g/mol. The van der Waals surface area contributed by atoms with Crippen LogP contribution in [-0.2, 0) is 9.59 Å². The Hall–Kier alpha value is -2.02. The smallest absolute Gasteiger partial charge is 0.238 e. The Bertz CT molecular complexity index is 676. The minimum absolute atomic E-state index is 0.0552. The molecule has 0 radical (unpaired) electrons. The number of carbonyl (C=O) groups is 2. The number of nitrogens with zero attached hydrogens (tertiary/aromatic N) is 2. The number of nitrogens with one attached hydrogen (secondary N) is 1. The predicted octanol–water partition coefficient (Wildman–Crippen LogP) is 4.31. The summed E-state index contributed by atoms with van der Waals surface area (Å²) in [6.45, 7) is 7.88. The molecule has 1 atom stereocenters. The maximum atomic E-state index is 12.6. The Labute approximate surface area is 172 Å². The van der Waals surface area contributed by atoms with Crippen LogP contribution < -0.4 is 10.1 Å². The number of benzene rings is 1. The average Bonchev–Trinajstić information content (AvgIpc) is 2.69. The third-order valence-electron chi connectivity index (χ3n) is 4.43. The second-order valence-electron chi connectivity index (χ2n) is 6.63. The molecule has 6 nitrogen and oxygen atoms in total. The summed E-state index contributed by atoms with van der Waals surface area (Å²) in [4.78, 5) is 31.0. The number of unbranched alkanes of at least 4 members (excludes halogenated alkanes) is 3. The number of rotatable bonds is 10. The molecule has 154 valence electrons. The molecule has 7 heteroatoms. The van der Waals surface area contributed by atoms with Gasteiger partial charge in [-0.3, -0.25) is 19.5 Å². The Kier molecular flexibility index (Phi) is 9.34. The van der Waals surface area contributed by atoms with Crippen LogP contribution in [0.3, 0.4) is 0 Å². The molecule has 0 saturated carbocycles. The highest BCUT2D eigenvalue weighted by Gasteiger charge is 2.34. The third kappa shape index (κ3) is 6.55. The van der Waals surface area contributed by atoms with Gasteiger partial charge in [-0.1, -0.05) is 37.9 Å². The van der Waals surface area contributed by atoms with Crippen LogP contribution in [0.2, 0.25) is 0 Å². The van der Waals surface area contributed by atoms with Crippen molar-refractivity contribution in [3.63, 3.8) is 0 Å². The van der Waals surface area contributed by atoms with Gasteiger partial charge in [-0.05, 0) is 44.5 Å². The summed E-state index contributed by atoms with van der Waals surface area (Å²) in [6, 6.07) is 7.37. The first-order valence-electron chi connectivity index (χ1n) is 10.1. The fourth-order valence-corrected chi connectivity index (χ4v) is 4.11. The number of amides is 2. The highest BCUT2D eigenvalue weighted by atomic mass is 32.2. The van der Waals surface area contributed by atoms with Crippen molar-refractivity contribution in [1.82, 2.24) is 4.90 Å². The van der Waals surface area contributed by atoms with E-state index in [-0.39, 0.29) is 18.2 Å². The summed E-state index contributed by atoms with van der Waals surface area (Å²) in [5, 5.41) is 3.07. The monoisotopic (exact) mass is 405 g/mol. The molecule has 1 aromatic carbocycles.